The molecule has 30 nitrogen and oxygen atoms in total. The maximum Gasteiger partial charge on any atom is 0.305 e. The quantitative estimate of drug-likeness (QED) is 0.0287. The summed E-state index contributed by atoms with van der Waals surface area (Å²) in [5.74, 6) is 1.49. The molecule has 4 aliphatic heterocycles. The minimum absolute atomic E-state index is 0. The van der Waals surface area contributed by atoms with Crippen LogP contribution in [0.25, 0.3) is 0 Å². The lowest BCUT2D eigenvalue weighted by Crippen LogP contribution is -2.41. The van der Waals surface area contributed by atoms with Crippen molar-refractivity contribution in [3.8, 4) is 0 Å². The molecule has 0 amide bonds. The number of hydrogen-bond acceptors (Lipinski definition) is 24. The first-order valence-corrected chi connectivity index (χ1v) is 26.2. The Morgan fingerprint density at radius 2 is 0.536 bits per heavy atom. The van der Waals surface area contributed by atoms with E-state index < -0.39 is 67.3 Å². The van der Waals surface area contributed by atoms with Crippen LogP contribution in [-0.2, 0) is 9.59 Å². The molecule has 0 aliphatic carbocycles. The van der Waals surface area contributed by atoms with E-state index in [-0.39, 0.29) is 85.8 Å². The van der Waals surface area contributed by atoms with Crippen molar-refractivity contribution in [1.29, 1.82) is 21.6 Å². The zero-order chi connectivity index (χ0) is 62.6. The van der Waals surface area contributed by atoms with Crippen LogP contribution in [0.3, 0.4) is 0 Å². The van der Waals surface area contributed by atoms with E-state index in [0.717, 1.165) is 75.7 Å². The summed E-state index contributed by atoms with van der Waals surface area (Å²) in [5, 5.41) is 101. The van der Waals surface area contributed by atoms with Crippen LogP contribution >= 0.6 is 49.6 Å². The van der Waals surface area contributed by atoms with Crippen molar-refractivity contribution in [3.05, 3.63) is 0 Å². The smallest absolute Gasteiger partial charge is 0.305 e. The lowest BCUT2D eigenvalue weighted by molar-refractivity contribution is -0.139. The van der Waals surface area contributed by atoms with Gasteiger partial charge in [0.2, 0.25) is 0 Å². The molecule has 0 unspecified atom stereocenters. The Morgan fingerprint density at radius 1 is 0.369 bits per heavy atom. The summed E-state index contributed by atoms with van der Waals surface area (Å²) in [4.78, 5) is 38.7. The van der Waals surface area contributed by atoms with Gasteiger partial charge in [-0.05, 0) is 138 Å². The van der Waals surface area contributed by atoms with E-state index in [1.807, 2.05) is 55.4 Å². The van der Waals surface area contributed by atoms with Gasteiger partial charge >= 0.3 is 11.9 Å². The minimum atomic E-state index is -0.958. The van der Waals surface area contributed by atoms with Crippen LogP contribution in [0.1, 0.15) is 151 Å². The molecular weight excluding hydrogens is 1170 g/mol. The number of carboxylic acid groups (broad SMARTS) is 2. The molecule has 34 heteroatoms. The van der Waals surface area contributed by atoms with Gasteiger partial charge in [-0.3, -0.25) is 51.2 Å². The largest absolute Gasteiger partial charge is 0.481 e. The molecule has 0 aromatic heterocycles. The van der Waals surface area contributed by atoms with E-state index in [9.17, 15) is 9.59 Å². The zero-order valence-corrected chi connectivity index (χ0v) is 56.3. The zero-order valence-electron chi connectivity index (χ0n) is 53.0. The molecule has 18 N–H and O–H groups in total. The van der Waals surface area contributed by atoms with Gasteiger partial charge in [-0.1, -0.05) is 0 Å². The summed E-state index contributed by atoms with van der Waals surface area (Å²) in [6.07, 6.45) is -0.278. The van der Waals surface area contributed by atoms with Crippen LogP contribution in [-0.4, -0.2) is 177 Å². The Kier molecular flexibility index (Phi) is 36.5. The molecule has 0 saturated carbocycles. The monoisotopic (exact) mass is 1270 g/mol. The third kappa shape index (κ3) is 32.2. The number of amidine groups is 8. The lowest BCUT2D eigenvalue weighted by atomic mass is 10.0. The van der Waals surface area contributed by atoms with Gasteiger partial charge in [0.25, 0.3) is 0 Å². The third-order valence-corrected chi connectivity index (χ3v) is 11.6. The highest BCUT2D eigenvalue weighted by atomic mass is 35.5. The van der Waals surface area contributed by atoms with Crippen molar-refractivity contribution in [1.82, 2.24) is 21.3 Å². The molecule has 0 radical (unpaired) electrons. The molecule has 0 spiro atoms. The number of nitrogens with zero attached hydrogens (tertiary/aromatic N) is 14. The first kappa shape index (κ1) is 86.6. The standard InChI is InChI=1S/2C12H22N6.C10H18N2O4.2C8H18N6.4ClH/c2*1-11(2,9-13-5-6-14-9)17-18-12(3,4)10-15-7-8-16-10;1-9(2,5-7(13)14)11-12-10(3,4)6-8(15)16;2*1-7(2,5(9)10)13-14-8(3,4)6(11)12;;;;/h2*5-8H2,1-4H3,(H,13,14)(H,15,16);5-6H2,1-4H3,(H,13,14)(H,15,16);2*1-4H3,(H3,9,10)(H3,11,12);4*1H. The molecule has 0 fully saturated rings. The first-order chi connectivity index (χ1) is 36.1. The van der Waals surface area contributed by atoms with Gasteiger partial charge in [0.1, 0.15) is 91.0 Å². The van der Waals surface area contributed by atoms with E-state index in [2.05, 4.69) is 92.4 Å². The Labute approximate surface area is 521 Å². The molecule has 0 saturated heterocycles. The van der Waals surface area contributed by atoms with E-state index in [0.29, 0.717) is 0 Å². The summed E-state index contributed by atoms with van der Waals surface area (Å²) >= 11 is 0. The van der Waals surface area contributed by atoms with Crippen LogP contribution < -0.4 is 44.2 Å². The number of aliphatic imine (C=N–C) groups is 4. The third-order valence-electron chi connectivity index (χ3n) is 11.6. The normalized spacial score (nSPS) is 15.7. The fourth-order valence-electron chi connectivity index (χ4n) is 5.72. The number of carbonyl (C=O) groups is 2. The van der Waals surface area contributed by atoms with Crippen molar-refractivity contribution >= 4 is 108 Å². The summed E-state index contributed by atoms with van der Waals surface area (Å²) in [6, 6.07) is 0. The number of halogens is 4. The second-order valence-corrected chi connectivity index (χ2v) is 24.5. The Bertz CT molecular complexity index is 2180. The van der Waals surface area contributed by atoms with Gasteiger partial charge in [0.15, 0.2) is 0 Å². The average molecular weight is 1270 g/mol. The van der Waals surface area contributed by atoms with E-state index in [4.69, 9.17) is 54.8 Å². The number of hydrogen-bond donors (Lipinski definition) is 14. The Balaban J connectivity index is -0.000000308. The molecule has 484 valence electrons. The number of rotatable bonds is 22. The van der Waals surface area contributed by atoms with E-state index >= 15 is 0 Å². The number of azo groups is 5. The van der Waals surface area contributed by atoms with Crippen molar-refractivity contribution in [2.24, 2.45) is 94.0 Å². The number of carboxylic acids is 2. The molecule has 4 rings (SSSR count). The van der Waals surface area contributed by atoms with Gasteiger partial charge < -0.3 is 54.4 Å². The molecule has 0 aromatic rings. The second kappa shape index (κ2) is 35.3. The molecule has 0 aromatic carbocycles. The number of aliphatic carboxylic acids is 2. The van der Waals surface area contributed by atoms with Gasteiger partial charge in [0.05, 0.1) is 50.1 Å². The second-order valence-electron chi connectivity index (χ2n) is 24.5. The Morgan fingerprint density at radius 3 is 0.655 bits per heavy atom. The number of nitrogens with one attached hydrogen (secondary N) is 8. The maximum absolute atomic E-state index is 10.5. The van der Waals surface area contributed by atoms with E-state index in [1.54, 1.807) is 83.1 Å². The Hall–Kier alpha value is -6.14. The minimum Gasteiger partial charge on any atom is -0.481 e. The molecule has 0 atom stereocenters. The molecule has 4 aliphatic rings. The average Bonchev–Trinajstić information content (AvgIpc) is 4.17. The summed E-state index contributed by atoms with van der Waals surface area (Å²) in [6.45, 7) is 43.0. The predicted octanol–water partition coefficient (Wildman–Crippen LogP) is 7.37. The summed E-state index contributed by atoms with van der Waals surface area (Å²) in [7, 11) is 0. The van der Waals surface area contributed by atoms with E-state index in [1.165, 1.54) is 0 Å². The van der Waals surface area contributed by atoms with Gasteiger partial charge in [-0.15, -0.1) is 49.6 Å². The first-order valence-electron chi connectivity index (χ1n) is 26.2. The lowest BCUT2D eigenvalue weighted by Gasteiger charge is -2.23. The highest BCUT2D eigenvalue weighted by molar-refractivity contribution is 5.95. The highest BCUT2D eigenvalue weighted by Crippen LogP contribution is 2.24. The molecule has 0 bridgehead atoms. The summed E-state index contributed by atoms with van der Waals surface area (Å²) < 4.78 is 0. The molecule has 84 heavy (non-hydrogen) atoms. The van der Waals surface area contributed by atoms with Crippen molar-refractivity contribution < 1.29 is 19.8 Å². The van der Waals surface area contributed by atoms with Gasteiger partial charge in [-0.2, -0.15) is 51.1 Å². The van der Waals surface area contributed by atoms with Gasteiger partial charge in [0, 0.05) is 26.2 Å². The van der Waals surface area contributed by atoms with Crippen LogP contribution in [0.15, 0.2) is 71.1 Å². The topological polar surface area (TPSA) is 495 Å². The van der Waals surface area contributed by atoms with Crippen LogP contribution in [0.4, 0.5) is 0 Å². The SMILES string of the molecule is CC(C)(CC(=O)O)N=NC(C)(C)CC(=O)O.CC(C)(N=NC(C)(C)C(=N)N)C(=N)N.CC(C)(N=NC(C)(C)C(=N)N)C(=N)N.CC(C)(N=NC(C)(C)C1=NCCN1)C1=NCCN1.CC(C)(N=NC(C)(C)C1=NCCN1)C1=NCCN1.Cl.Cl.Cl.Cl. The highest BCUT2D eigenvalue weighted by Gasteiger charge is 2.34. The van der Waals surface area contributed by atoms with Crippen molar-refractivity contribution in [2.75, 3.05) is 52.4 Å². The van der Waals surface area contributed by atoms with Crippen LogP contribution in [0.5, 0.6) is 0 Å². The van der Waals surface area contributed by atoms with Crippen LogP contribution in [0, 0.1) is 21.6 Å². The fraction of sp³-hybridized carbons (Fsp3) is 0.800. The predicted molar refractivity (Wildman–Crippen MR) is 347 cm³/mol. The van der Waals surface area contributed by atoms with Crippen molar-refractivity contribution in [2.45, 2.75) is 207 Å². The van der Waals surface area contributed by atoms with Gasteiger partial charge in [-0.25, -0.2) is 0 Å². The van der Waals surface area contributed by atoms with Crippen molar-refractivity contribution in [3.63, 3.8) is 0 Å². The molecular formula is C50H102Cl4N26O4. The summed E-state index contributed by atoms with van der Waals surface area (Å²) in [5.41, 5.74) is 14.7. The maximum atomic E-state index is 10.5. The fourth-order valence-corrected chi connectivity index (χ4v) is 5.72. The number of nitrogens with two attached hydrogens (primary N) is 4. The molecule has 4 heterocycles. The van der Waals surface area contributed by atoms with Crippen LogP contribution in [0.2, 0.25) is 0 Å².